The molecule has 14 nitrogen and oxygen atoms in total. The zero-order valence-corrected chi connectivity index (χ0v) is 40.9. The van der Waals surface area contributed by atoms with Gasteiger partial charge in [0.25, 0.3) is 0 Å². The molecule has 0 spiro atoms. The van der Waals surface area contributed by atoms with Crippen LogP contribution in [0.4, 0.5) is 0 Å². The highest BCUT2D eigenvalue weighted by Gasteiger charge is 2.28. The van der Waals surface area contributed by atoms with Crippen LogP contribution in [0.2, 0.25) is 0 Å². The maximum absolute atomic E-state index is 12.7. The average Bonchev–Trinajstić information content (AvgIpc) is 3.28. The van der Waals surface area contributed by atoms with Crippen molar-refractivity contribution in [3.05, 3.63) is 134 Å². The van der Waals surface area contributed by atoms with Gasteiger partial charge in [0.15, 0.2) is 6.10 Å². The number of unbranched alkanes of at least 4 members (excludes halogenated alkanes) is 3. The summed E-state index contributed by atoms with van der Waals surface area (Å²) in [6.07, 6.45) is 53.4. The molecule has 16 heteroatoms. The number of ether oxygens (including phenoxy) is 2. The Morgan fingerprint density at radius 2 is 0.985 bits per heavy atom. The fraction of sp³-hybridized carbons (Fsp3) is 0.520. The van der Waals surface area contributed by atoms with Crippen molar-refractivity contribution in [2.75, 3.05) is 26.4 Å². The van der Waals surface area contributed by atoms with Crippen LogP contribution in [-0.2, 0) is 41.8 Å². The van der Waals surface area contributed by atoms with Crippen molar-refractivity contribution >= 4 is 27.6 Å². The molecule has 4 atom stereocenters. The highest BCUT2D eigenvalue weighted by atomic mass is 31.2. The minimum absolute atomic E-state index is 0.0302. The molecular formula is C50H78O14P2. The minimum Gasteiger partial charge on any atom is -0.462 e. The van der Waals surface area contributed by atoms with Crippen LogP contribution < -0.4 is 0 Å². The first-order valence-electron chi connectivity index (χ1n) is 23.0. The van der Waals surface area contributed by atoms with Gasteiger partial charge in [-0.2, -0.15) is 0 Å². The van der Waals surface area contributed by atoms with Crippen LogP contribution in [0.1, 0.15) is 123 Å². The van der Waals surface area contributed by atoms with Gasteiger partial charge in [-0.3, -0.25) is 23.2 Å². The van der Waals surface area contributed by atoms with Gasteiger partial charge in [0, 0.05) is 12.8 Å². The van der Waals surface area contributed by atoms with Gasteiger partial charge in [-0.05, 0) is 89.9 Å². The minimum atomic E-state index is -4.89. The molecule has 0 saturated carbocycles. The Balaban J connectivity index is 4.75. The molecule has 2 unspecified atom stereocenters. The number of allylic oxidation sites excluding steroid dienone is 20. The van der Waals surface area contributed by atoms with E-state index in [9.17, 15) is 33.8 Å². The number of phosphoric ester groups is 2. The normalized spacial score (nSPS) is 15.6. The van der Waals surface area contributed by atoms with Crippen molar-refractivity contribution in [2.45, 2.75) is 141 Å². The van der Waals surface area contributed by atoms with Crippen LogP contribution in [0, 0.1) is 0 Å². The third-order valence-corrected chi connectivity index (χ3v) is 10.1. The highest BCUT2D eigenvalue weighted by Crippen LogP contribution is 2.43. The second kappa shape index (κ2) is 43.8. The number of aliphatic hydroxyl groups is 2. The van der Waals surface area contributed by atoms with Gasteiger partial charge in [-0.25, -0.2) is 9.13 Å². The molecule has 0 aliphatic rings. The Morgan fingerprint density at radius 1 is 0.500 bits per heavy atom. The molecule has 0 heterocycles. The quantitative estimate of drug-likeness (QED) is 0.0127. The van der Waals surface area contributed by atoms with Gasteiger partial charge < -0.3 is 34.4 Å². The van der Waals surface area contributed by atoms with Gasteiger partial charge in [0.1, 0.15) is 12.7 Å². The van der Waals surface area contributed by atoms with Crippen molar-refractivity contribution in [1.29, 1.82) is 0 Å². The lowest BCUT2D eigenvalue weighted by Crippen LogP contribution is -2.29. The van der Waals surface area contributed by atoms with E-state index >= 15 is 0 Å². The van der Waals surface area contributed by atoms with Gasteiger partial charge in [-0.1, -0.05) is 154 Å². The first kappa shape index (κ1) is 62.2. The summed E-state index contributed by atoms with van der Waals surface area (Å²) in [4.78, 5) is 52.8. The summed E-state index contributed by atoms with van der Waals surface area (Å²) in [6.45, 7) is 1.31. The van der Waals surface area contributed by atoms with E-state index < -0.39 is 72.3 Å². The van der Waals surface area contributed by atoms with E-state index in [1.54, 1.807) is 6.08 Å². The number of rotatable bonds is 41. The maximum Gasteiger partial charge on any atom is 0.472 e. The molecule has 0 aromatic rings. The monoisotopic (exact) mass is 964 g/mol. The predicted molar refractivity (Wildman–Crippen MR) is 263 cm³/mol. The van der Waals surface area contributed by atoms with E-state index in [0.29, 0.717) is 25.7 Å². The topological polar surface area (TPSA) is 216 Å². The van der Waals surface area contributed by atoms with Crippen LogP contribution in [0.25, 0.3) is 0 Å². The number of aliphatic hydroxyl groups excluding tert-OH is 2. The molecule has 0 rings (SSSR count). The molecule has 0 aliphatic carbocycles. The van der Waals surface area contributed by atoms with Gasteiger partial charge in [-0.15, -0.1) is 0 Å². The van der Waals surface area contributed by atoms with Crippen LogP contribution >= 0.6 is 15.6 Å². The summed E-state index contributed by atoms with van der Waals surface area (Å²) in [5, 5.41) is 19.8. The van der Waals surface area contributed by atoms with E-state index in [-0.39, 0.29) is 12.8 Å². The number of esters is 2. The first-order valence-corrected chi connectivity index (χ1v) is 26.0. The Morgan fingerprint density at radius 3 is 1.55 bits per heavy atom. The molecule has 372 valence electrons. The van der Waals surface area contributed by atoms with Crippen molar-refractivity contribution in [3.63, 3.8) is 0 Å². The standard InChI is InChI=1S/C50H78O14P2/c1-3-5-7-9-11-12-13-14-15-16-17-18-19-20-21-26-29-33-37-41-50(54)64-48(45-63-66(58,59)62-43-47(52)42-61-65(55,56)57)44-60-49(53)40-36-32-28-25-23-22-24-27-31-35-39-46(51)38-34-30-10-8-6-4-2/h5-8,11-12,14-15,17-18,20-23,27-28,30-32,34-35,39,46-48,51-52H,3-4,9-10,13,16,19,24-26,29,33,36-38,40-45H2,1-2H3,(H,58,59)(H2,55,56,57)/b7-5-,8-6-,12-11-,15-14-,18-17-,21-20-,23-22-,31-27-,32-28-,34-30-,39-35+/t46?,47-,48+/m0/s1. The summed E-state index contributed by atoms with van der Waals surface area (Å²) in [7, 11) is -9.75. The zero-order chi connectivity index (χ0) is 48.8. The maximum atomic E-state index is 12.7. The lowest BCUT2D eigenvalue weighted by Gasteiger charge is -2.20. The van der Waals surface area contributed by atoms with Gasteiger partial charge in [0.05, 0.1) is 25.9 Å². The fourth-order valence-electron chi connectivity index (χ4n) is 5.19. The molecule has 5 N–H and O–H groups in total. The second-order valence-corrected chi connectivity index (χ2v) is 17.5. The molecule has 0 fully saturated rings. The molecule has 0 saturated heterocycles. The Bertz CT molecular complexity index is 1680. The summed E-state index contributed by atoms with van der Waals surface area (Å²) in [6, 6.07) is 0. The molecular weight excluding hydrogens is 886 g/mol. The molecule has 0 aromatic carbocycles. The lowest BCUT2D eigenvalue weighted by atomic mass is 10.1. The molecule has 66 heavy (non-hydrogen) atoms. The Kier molecular flexibility index (Phi) is 41.3. The number of carbonyl (C=O) groups is 2. The number of carbonyl (C=O) groups excluding carboxylic acids is 2. The van der Waals surface area contributed by atoms with Gasteiger partial charge >= 0.3 is 27.6 Å². The smallest absolute Gasteiger partial charge is 0.462 e. The third-order valence-electron chi connectivity index (χ3n) is 8.62. The van der Waals surface area contributed by atoms with Crippen LogP contribution in [-0.4, -0.2) is 81.6 Å². The Hall–Kier alpha value is -3.78. The van der Waals surface area contributed by atoms with Crippen molar-refractivity contribution in [3.8, 4) is 0 Å². The van der Waals surface area contributed by atoms with Crippen molar-refractivity contribution in [2.24, 2.45) is 0 Å². The third kappa shape index (κ3) is 46.7. The second-order valence-electron chi connectivity index (χ2n) is 14.8. The number of hydrogen-bond donors (Lipinski definition) is 5. The summed E-state index contributed by atoms with van der Waals surface area (Å²) in [5.41, 5.74) is 0. The van der Waals surface area contributed by atoms with Gasteiger partial charge in [0.2, 0.25) is 0 Å². The molecule has 0 amide bonds. The van der Waals surface area contributed by atoms with E-state index in [0.717, 1.165) is 70.6 Å². The largest absolute Gasteiger partial charge is 0.472 e. The number of phosphoric acid groups is 2. The molecule has 0 radical (unpaired) electrons. The van der Waals surface area contributed by atoms with Crippen LogP contribution in [0.15, 0.2) is 134 Å². The molecule has 0 aliphatic heterocycles. The number of hydrogen-bond acceptors (Lipinski definition) is 11. The van der Waals surface area contributed by atoms with Crippen molar-refractivity contribution < 1.29 is 66.7 Å². The van der Waals surface area contributed by atoms with Crippen LogP contribution in [0.5, 0.6) is 0 Å². The van der Waals surface area contributed by atoms with E-state index in [4.69, 9.17) is 23.8 Å². The first-order chi connectivity index (χ1) is 31.8. The Labute approximate surface area is 394 Å². The average molecular weight is 965 g/mol. The highest BCUT2D eigenvalue weighted by molar-refractivity contribution is 7.47. The fourth-order valence-corrected chi connectivity index (χ4v) is 6.34. The van der Waals surface area contributed by atoms with Crippen LogP contribution in [0.3, 0.4) is 0 Å². The predicted octanol–water partition coefficient (Wildman–Crippen LogP) is 11.2. The molecule has 0 aromatic heterocycles. The zero-order valence-electron chi connectivity index (χ0n) is 39.1. The van der Waals surface area contributed by atoms with E-state index in [2.05, 4.69) is 95.8 Å². The van der Waals surface area contributed by atoms with E-state index in [1.807, 2.05) is 54.7 Å². The lowest BCUT2D eigenvalue weighted by molar-refractivity contribution is -0.161. The van der Waals surface area contributed by atoms with E-state index in [1.165, 1.54) is 0 Å². The SMILES string of the molecule is CC/C=C\C/C=C\C/C=C\C/C=C\C/C=C\CCCCCC(=O)O[C@H](COC(=O)CC/C=C\C/C=C\C/C=C\C=C\C(O)C/C=C\C/C=C\CC)COP(=O)(O)OC[C@@H](O)COP(=O)(O)O. The summed E-state index contributed by atoms with van der Waals surface area (Å²) >= 11 is 0. The molecule has 0 bridgehead atoms. The van der Waals surface area contributed by atoms with Crippen molar-refractivity contribution in [1.82, 2.24) is 0 Å². The summed E-state index contributed by atoms with van der Waals surface area (Å²) < 4.78 is 47.7. The summed E-state index contributed by atoms with van der Waals surface area (Å²) in [5.74, 6) is -1.21.